The molecule has 0 aromatic rings. The van der Waals surface area contributed by atoms with Gasteiger partial charge in [0.2, 0.25) is 0 Å². The van der Waals surface area contributed by atoms with Crippen molar-refractivity contribution in [1.82, 2.24) is 0 Å². The second kappa shape index (κ2) is 5.83. The summed E-state index contributed by atoms with van der Waals surface area (Å²) in [6.45, 7) is 5.01. The molecule has 0 aliphatic rings. The second-order valence-electron chi connectivity index (χ2n) is 2.57. The van der Waals surface area contributed by atoms with Gasteiger partial charge < -0.3 is 4.79 Å². The lowest BCUT2D eigenvalue weighted by molar-refractivity contribution is -0.123. The predicted octanol–water partition coefficient (Wildman–Crippen LogP) is 1.89. The van der Waals surface area contributed by atoms with Crippen LogP contribution in [0.15, 0.2) is 12.7 Å². The molecule has 0 aliphatic carbocycles. The first-order valence-corrected chi connectivity index (χ1v) is 3.79. The van der Waals surface area contributed by atoms with Crippen molar-refractivity contribution >= 4 is 11.6 Å². The van der Waals surface area contributed by atoms with E-state index >= 15 is 0 Å². The Bertz CT molecular complexity index is 159. The Hall–Kier alpha value is -0.920. The first kappa shape index (κ1) is 10.1. The molecule has 0 spiro atoms. The van der Waals surface area contributed by atoms with Gasteiger partial charge in [0, 0.05) is 19.3 Å². The largest absolute Gasteiger partial charge is 0.300 e. The van der Waals surface area contributed by atoms with Crippen molar-refractivity contribution in [2.75, 3.05) is 0 Å². The predicted molar refractivity (Wildman–Crippen MR) is 44.4 cm³/mol. The van der Waals surface area contributed by atoms with Crippen LogP contribution in [0, 0.1) is 0 Å². The average molecular weight is 154 g/mol. The van der Waals surface area contributed by atoms with Gasteiger partial charge in [-0.25, -0.2) is 0 Å². The van der Waals surface area contributed by atoms with Gasteiger partial charge in [0.1, 0.15) is 11.6 Å². The minimum absolute atomic E-state index is 0.0805. The number of ketones is 2. The van der Waals surface area contributed by atoms with E-state index in [1.165, 1.54) is 6.92 Å². The van der Waals surface area contributed by atoms with Gasteiger partial charge in [0.15, 0.2) is 0 Å². The molecule has 0 aromatic heterocycles. The minimum Gasteiger partial charge on any atom is -0.300 e. The third-order valence-corrected chi connectivity index (χ3v) is 1.38. The highest BCUT2D eigenvalue weighted by atomic mass is 16.1. The monoisotopic (exact) mass is 154 g/mol. The molecule has 62 valence electrons. The van der Waals surface area contributed by atoms with Crippen molar-refractivity contribution in [1.29, 1.82) is 0 Å². The summed E-state index contributed by atoms with van der Waals surface area (Å²) in [7, 11) is 0. The van der Waals surface area contributed by atoms with Crippen LogP contribution >= 0.6 is 0 Å². The summed E-state index contributed by atoms with van der Waals surface area (Å²) in [6, 6.07) is 0. The van der Waals surface area contributed by atoms with Crippen LogP contribution < -0.4 is 0 Å². The molecule has 0 rings (SSSR count). The van der Waals surface area contributed by atoms with Gasteiger partial charge in [0.25, 0.3) is 0 Å². The molecule has 0 bridgehead atoms. The van der Waals surface area contributed by atoms with Crippen molar-refractivity contribution in [3.8, 4) is 0 Å². The topological polar surface area (TPSA) is 34.1 Å². The van der Waals surface area contributed by atoms with Crippen molar-refractivity contribution in [3.05, 3.63) is 12.7 Å². The molecule has 0 amide bonds. The molecule has 0 aromatic carbocycles. The molecule has 0 N–H and O–H groups in total. The highest BCUT2D eigenvalue weighted by molar-refractivity contribution is 5.84. The first-order valence-electron chi connectivity index (χ1n) is 3.79. The number of carbonyl (C=O) groups excluding carboxylic acids is 2. The number of allylic oxidation sites excluding steroid dienone is 1. The SMILES string of the molecule is C=CCCC(=O)CCC(C)=O. The van der Waals surface area contributed by atoms with E-state index in [1.54, 1.807) is 6.08 Å². The Kier molecular flexibility index (Phi) is 5.35. The van der Waals surface area contributed by atoms with E-state index in [-0.39, 0.29) is 11.6 Å². The molecular weight excluding hydrogens is 140 g/mol. The Morgan fingerprint density at radius 2 is 1.91 bits per heavy atom. The highest BCUT2D eigenvalue weighted by Crippen LogP contribution is 1.99. The lowest BCUT2D eigenvalue weighted by atomic mass is 10.1. The number of hydrogen-bond donors (Lipinski definition) is 0. The van der Waals surface area contributed by atoms with Crippen LogP contribution in [-0.4, -0.2) is 11.6 Å². The summed E-state index contributed by atoms with van der Waals surface area (Å²) in [5.74, 6) is 0.233. The van der Waals surface area contributed by atoms with E-state index in [2.05, 4.69) is 6.58 Å². The molecule has 0 unspecified atom stereocenters. The van der Waals surface area contributed by atoms with Crippen LogP contribution in [0.25, 0.3) is 0 Å². The van der Waals surface area contributed by atoms with Crippen LogP contribution in [0.3, 0.4) is 0 Å². The number of carbonyl (C=O) groups is 2. The van der Waals surface area contributed by atoms with Crippen molar-refractivity contribution in [2.45, 2.75) is 32.6 Å². The quantitative estimate of drug-likeness (QED) is 0.547. The molecule has 2 nitrogen and oxygen atoms in total. The number of hydrogen-bond acceptors (Lipinski definition) is 2. The van der Waals surface area contributed by atoms with Gasteiger partial charge in [-0.15, -0.1) is 6.58 Å². The summed E-state index contributed by atoms with van der Waals surface area (Å²) < 4.78 is 0. The molecule has 0 saturated heterocycles. The maximum atomic E-state index is 10.9. The smallest absolute Gasteiger partial charge is 0.133 e. The standard InChI is InChI=1S/C9H14O2/c1-3-4-5-9(11)7-6-8(2)10/h3H,1,4-7H2,2H3. The van der Waals surface area contributed by atoms with Crippen molar-refractivity contribution < 1.29 is 9.59 Å². The summed E-state index contributed by atoms with van der Waals surface area (Å²) >= 11 is 0. The third-order valence-electron chi connectivity index (χ3n) is 1.38. The van der Waals surface area contributed by atoms with Gasteiger partial charge >= 0.3 is 0 Å². The number of Topliss-reactive ketones (excluding diaryl/α,β-unsaturated/α-hetero) is 2. The van der Waals surface area contributed by atoms with E-state index in [9.17, 15) is 9.59 Å². The van der Waals surface area contributed by atoms with Crippen LogP contribution in [0.2, 0.25) is 0 Å². The Labute approximate surface area is 67.3 Å². The molecule has 11 heavy (non-hydrogen) atoms. The average Bonchev–Trinajstić information content (AvgIpc) is 1.97. The normalized spacial score (nSPS) is 9.18. The summed E-state index contributed by atoms with van der Waals surface area (Å²) in [4.78, 5) is 21.4. The van der Waals surface area contributed by atoms with Gasteiger partial charge in [-0.2, -0.15) is 0 Å². The van der Waals surface area contributed by atoms with Crippen LogP contribution in [0.4, 0.5) is 0 Å². The molecule has 0 saturated carbocycles. The van der Waals surface area contributed by atoms with Gasteiger partial charge in [0.05, 0.1) is 0 Å². The van der Waals surface area contributed by atoms with Crippen LogP contribution in [-0.2, 0) is 9.59 Å². The zero-order chi connectivity index (χ0) is 8.69. The number of rotatable bonds is 6. The molecule has 0 aliphatic heterocycles. The van der Waals surface area contributed by atoms with Crippen molar-refractivity contribution in [3.63, 3.8) is 0 Å². The lowest BCUT2D eigenvalue weighted by Crippen LogP contribution is -2.00. The van der Waals surface area contributed by atoms with E-state index in [4.69, 9.17) is 0 Å². The molecule has 0 radical (unpaired) electrons. The molecule has 0 heterocycles. The van der Waals surface area contributed by atoms with E-state index in [0.29, 0.717) is 19.3 Å². The Balaban J connectivity index is 3.37. The van der Waals surface area contributed by atoms with Gasteiger partial charge in [-0.3, -0.25) is 4.79 Å². The summed E-state index contributed by atoms with van der Waals surface area (Å²) in [5, 5.41) is 0. The van der Waals surface area contributed by atoms with E-state index in [0.717, 1.165) is 6.42 Å². The van der Waals surface area contributed by atoms with E-state index in [1.807, 2.05) is 0 Å². The first-order chi connectivity index (χ1) is 5.16. The summed E-state index contributed by atoms with van der Waals surface area (Å²) in [5.41, 5.74) is 0. The maximum Gasteiger partial charge on any atom is 0.133 e. The fraction of sp³-hybridized carbons (Fsp3) is 0.556. The lowest BCUT2D eigenvalue weighted by Gasteiger charge is -1.94. The van der Waals surface area contributed by atoms with E-state index < -0.39 is 0 Å². The van der Waals surface area contributed by atoms with Crippen LogP contribution in [0.5, 0.6) is 0 Å². The molecule has 2 heteroatoms. The fourth-order valence-corrected chi connectivity index (χ4v) is 0.704. The summed E-state index contributed by atoms with van der Waals surface area (Å²) in [6.07, 6.45) is 3.73. The Morgan fingerprint density at radius 3 is 2.36 bits per heavy atom. The zero-order valence-electron chi connectivity index (χ0n) is 6.93. The second-order valence-corrected chi connectivity index (χ2v) is 2.57. The van der Waals surface area contributed by atoms with Crippen LogP contribution in [0.1, 0.15) is 32.6 Å². The highest BCUT2D eigenvalue weighted by Gasteiger charge is 2.01. The molecular formula is C9H14O2. The zero-order valence-corrected chi connectivity index (χ0v) is 6.93. The Morgan fingerprint density at radius 1 is 1.27 bits per heavy atom. The fourth-order valence-electron chi connectivity index (χ4n) is 0.704. The van der Waals surface area contributed by atoms with Gasteiger partial charge in [-0.1, -0.05) is 6.08 Å². The third kappa shape index (κ3) is 6.97. The minimum atomic E-state index is 0.0805. The van der Waals surface area contributed by atoms with Crippen molar-refractivity contribution in [2.24, 2.45) is 0 Å². The molecule has 0 fully saturated rings. The molecule has 0 atom stereocenters. The maximum absolute atomic E-state index is 10.9. The van der Waals surface area contributed by atoms with Gasteiger partial charge in [-0.05, 0) is 13.3 Å².